The summed E-state index contributed by atoms with van der Waals surface area (Å²) in [5.41, 5.74) is 4.19. The molecule has 1 N–H and O–H groups in total. The molecular weight excluding hydrogens is 232 g/mol. The van der Waals surface area contributed by atoms with Gasteiger partial charge in [0.25, 0.3) is 0 Å². The van der Waals surface area contributed by atoms with Gasteiger partial charge >= 0.3 is 0 Å². The van der Waals surface area contributed by atoms with Crippen LogP contribution in [0.4, 0.5) is 0 Å². The number of aromatic hydroxyl groups is 1. The van der Waals surface area contributed by atoms with Gasteiger partial charge in [0.15, 0.2) is 0 Å². The second kappa shape index (κ2) is 3.02. The highest BCUT2D eigenvalue weighted by molar-refractivity contribution is 5.49. The van der Waals surface area contributed by atoms with Crippen LogP contribution in [-0.2, 0) is 11.8 Å². The SMILES string of the molecule is CC1[C@H]2[C@@H]3CCCC[C@@]34CC12Cc1ccc(O)cc14. The molecule has 1 nitrogen and oxygen atoms in total. The summed E-state index contributed by atoms with van der Waals surface area (Å²) in [7, 11) is 0. The van der Waals surface area contributed by atoms with Gasteiger partial charge in [-0.2, -0.15) is 0 Å². The van der Waals surface area contributed by atoms with E-state index in [0.717, 1.165) is 17.8 Å². The van der Waals surface area contributed by atoms with Crippen LogP contribution in [0.2, 0.25) is 0 Å². The van der Waals surface area contributed by atoms with E-state index in [0.29, 0.717) is 16.6 Å². The first-order valence-corrected chi connectivity index (χ1v) is 8.00. The Balaban J connectivity index is 1.76. The van der Waals surface area contributed by atoms with Crippen molar-refractivity contribution in [1.29, 1.82) is 0 Å². The summed E-state index contributed by atoms with van der Waals surface area (Å²) in [5, 5.41) is 9.93. The largest absolute Gasteiger partial charge is 0.508 e. The number of phenols is 1. The Hall–Kier alpha value is -0.980. The molecule has 0 aliphatic heterocycles. The highest BCUT2D eigenvalue weighted by Crippen LogP contribution is 2.81. The Morgan fingerprint density at radius 1 is 1.26 bits per heavy atom. The minimum Gasteiger partial charge on any atom is -0.508 e. The van der Waals surface area contributed by atoms with Crippen LogP contribution >= 0.6 is 0 Å². The smallest absolute Gasteiger partial charge is 0.115 e. The highest BCUT2D eigenvalue weighted by Gasteiger charge is 2.76. The van der Waals surface area contributed by atoms with Crippen molar-refractivity contribution in [2.24, 2.45) is 23.2 Å². The molecule has 1 heteroatoms. The maximum atomic E-state index is 9.93. The van der Waals surface area contributed by atoms with E-state index in [2.05, 4.69) is 19.1 Å². The molecule has 0 radical (unpaired) electrons. The predicted octanol–water partition coefficient (Wildman–Crippen LogP) is 4.03. The summed E-state index contributed by atoms with van der Waals surface area (Å²) in [6.45, 7) is 2.49. The van der Waals surface area contributed by atoms with Crippen LogP contribution in [0.5, 0.6) is 5.75 Å². The first-order chi connectivity index (χ1) is 9.17. The fourth-order valence-corrected chi connectivity index (χ4v) is 6.67. The Labute approximate surface area is 115 Å². The summed E-state index contributed by atoms with van der Waals surface area (Å²) in [6, 6.07) is 6.22. The molecule has 5 atom stereocenters. The lowest BCUT2D eigenvalue weighted by atomic mass is 9.57. The molecule has 3 saturated carbocycles. The molecule has 4 aliphatic rings. The molecule has 2 spiro atoms. The zero-order valence-corrected chi connectivity index (χ0v) is 11.7. The lowest BCUT2D eigenvalue weighted by molar-refractivity contribution is 0.161. The van der Waals surface area contributed by atoms with E-state index >= 15 is 0 Å². The van der Waals surface area contributed by atoms with Gasteiger partial charge in [-0.15, -0.1) is 0 Å². The van der Waals surface area contributed by atoms with E-state index in [4.69, 9.17) is 0 Å². The molecule has 0 aromatic heterocycles. The van der Waals surface area contributed by atoms with Gasteiger partial charge in [-0.25, -0.2) is 0 Å². The van der Waals surface area contributed by atoms with Gasteiger partial charge in [0.2, 0.25) is 0 Å². The quantitative estimate of drug-likeness (QED) is 0.741. The van der Waals surface area contributed by atoms with E-state index in [1.54, 1.807) is 5.56 Å². The standard InChI is InChI=1S/C18H22O/c1-11-16-14-4-2-3-7-17(14)10-18(11,16)9-12-5-6-13(19)8-15(12)17/h5-6,8,11,14,16,19H,2-4,7,9-10H2,1H3/t11?,14-,16-,17+,18?/m0/s1. The number of benzene rings is 1. The molecular formula is C18H22O. The summed E-state index contributed by atoms with van der Waals surface area (Å²) in [5.74, 6) is 3.33. The molecule has 0 saturated heterocycles. The maximum absolute atomic E-state index is 9.93. The Morgan fingerprint density at radius 3 is 3.05 bits per heavy atom. The van der Waals surface area contributed by atoms with Crippen molar-refractivity contribution in [2.45, 2.75) is 50.9 Å². The number of hydrogen-bond acceptors (Lipinski definition) is 1. The summed E-state index contributed by atoms with van der Waals surface area (Å²) in [6.07, 6.45) is 8.34. The summed E-state index contributed by atoms with van der Waals surface area (Å²) in [4.78, 5) is 0. The van der Waals surface area contributed by atoms with Crippen LogP contribution in [0.25, 0.3) is 0 Å². The maximum Gasteiger partial charge on any atom is 0.115 e. The molecule has 3 fully saturated rings. The second-order valence-corrected chi connectivity index (χ2v) is 7.75. The molecule has 5 rings (SSSR count). The first kappa shape index (κ1) is 10.8. The van der Waals surface area contributed by atoms with Crippen molar-refractivity contribution in [3.8, 4) is 5.75 Å². The van der Waals surface area contributed by atoms with E-state index < -0.39 is 0 Å². The summed E-state index contributed by atoms with van der Waals surface area (Å²) < 4.78 is 0. The second-order valence-electron chi connectivity index (χ2n) is 7.75. The predicted molar refractivity (Wildman–Crippen MR) is 75.2 cm³/mol. The Morgan fingerprint density at radius 2 is 2.16 bits per heavy atom. The number of phenolic OH excluding ortho intramolecular Hbond substituents is 1. The van der Waals surface area contributed by atoms with Crippen molar-refractivity contribution in [2.75, 3.05) is 0 Å². The lowest BCUT2D eigenvalue weighted by Crippen LogP contribution is -2.40. The third-order valence-corrected chi connectivity index (χ3v) is 7.33. The fourth-order valence-electron chi connectivity index (χ4n) is 6.67. The van der Waals surface area contributed by atoms with Crippen LogP contribution in [0, 0.1) is 23.2 Å². The monoisotopic (exact) mass is 254 g/mol. The minimum absolute atomic E-state index is 0.446. The number of rotatable bonds is 0. The Bertz CT molecular complexity index is 577. The van der Waals surface area contributed by atoms with Crippen molar-refractivity contribution in [3.05, 3.63) is 29.3 Å². The van der Waals surface area contributed by atoms with Gasteiger partial charge in [-0.1, -0.05) is 25.8 Å². The lowest BCUT2D eigenvalue weighted by Gasteiger charge is -2.46. The molecule has 0 amide bonds. The normalized spacial score (nSPS) is 49.2. The zero-order valence-electron chi connectivity index (χ0n) is 11.7. The summed E-state index contributed by atoms with van der Waals surface area (Å²) >= 11 is 0. The molecule has 1 aromatic carbocycles. The highest BCUT2D eigenvalue weighted by atomic mass is 16.3. The van der Waals surface area contributed by atoms with Crippen LogP contribution < -0.4 is 0 Å². The molecule has 0 heterocycles. The van der Waals surface area contributed by atoms with Crippen LogP contribution in [0.15, 0.2) is 18.2 Å². The average Bonchev–Trinajstić information content (AvgIpc) is 2.84. The zero-order chi connectivity index (χ0) is 12.8. The third-order valence-electron chi connectivity index (χ3n) is 7.33. The average molecular weight is 254 g/mol. The van der Waals surface area contributed by atoms with Crippen molar-refractivity contribution >= 4 is 0 Å². The van der Waals surface area contributed by atoms with Gasteiger partial charge < -0.3 is 5.11 Å². The van der Waals surface area contributed by atoms with Gasteiger partial charge in [-0.3, -0.25) is 0 Å². The topological polar surface area (TPSA) is 20.2 Å². The van der Waals surface area contributed by atoms with E-state index in [1.807, 2.05) is 6.07 Å². The van der Waals surface area contributed by atoms with Crippen LogP contribution in [-0.4, -0.2) is 5.11 Å². The molecule has 1 aromatic rings. The molecule has 2 unspecified atom stereocenters. The van der Waals surface area contributed by atoms with Gasteiger partial charge in [0.05, 0.1) is 0 Å². The molecule has 100 valence electrons. The van der Waals surface area contributed by atoms with Crippen LogP contribution in [0.3, 0.4) is 0 Å². The fraction of sp³-hybridized carbons (Fsp3) is 0.667. The number of hydrogen-bond donors (Lipinski definition) is 1. The Kier molecular flexibility index (Phi) is 1.71. The van der Waals surface area contributed by atoms with Crippen molar-refractivity contribution in [1.82, 2.24) is 0 Å². The van der Waals surface area contributed by atoms with Crippen molar-refractivity contribution in [3.63, 3.8) is 0 Å². The van der Waals surface area contributed by atoms with E-state index in [-0.39, 0.29) is 0 Å². The first-order valence-electron chi connectivity index (χ1n) is 8.00. The van der Waals surface area contributed by atoms with E-state index in [1.165, 1.54) is 44.1 Å². The van der Waals surface area contributed by atoms with Gasteiger partial charge in [0, 0.05) is 0 Å². The minimum atomic E-state index is 0.446. The molecule has 2 bridgehead atoms. The number of fused-ring (bicyclic) bond motifs is 2. The van der Waals surface area contributed by atoms with Gasteiger partial charge in [-0.05, 0) is 77.5 Å². The third kappa shape index (κ3) is 1.03. The van der Waals surface area contributed by atoms with Crippen molar-refractivity contribution < 1.29 is 5.11 Å². The van der Waals surface area contributed by atoms with E-state index in [9.17, 15) is 5.11 Å². The van der Waals surface area contributed by atoms with Crippen LogP contribution in [0.1, 0.15) is 50.2 Å². The molecule has 4 aliphatic carbocycles. The molecule has 19 heavy (non-hydrogen) atoms. The van der Waals surface area contributed by atoms with Gasteiger partial charge in [0.1, 0.15) is 5.75 Å².